The van der Waals surface area contributed by atoms with Crippen LogP contribution in [0.3, 0.4) is 0 Å². The molecule has 0 bridgehead atoms. The van der Waals surface area contributed by atoms with E-state index in [9.17, 15) is 9.59 Å². The number of ether oxygens (including phenoxy) is 1. The third kappa shape index (κ3) is 3.44. The van der Waals surface area contributed by atoms with Gasteiger partial charge in [0.1, 0.15) is 0 Å². The smallest absolute Gasteiger partial charge is 0.337 e. The summed E-state index contributed by atoms with van der Waals surface area (Å²) in [6, 6.07) is 5.22. The fraction of sp³-hybridized carbons (Fsp3) is 0.333. The lowest BCUT2D eigenvalue weighted by molar-refractivity contribution is 0.0600. The monoisotopic (exact) mass is 352 g/mol. The zero-order valence-electron chi connectivity index (χ0n) is 12.0. The van der Waals surface area contributed by atoms with E-state index in [0.717, 1.165) is 16.5 Å². The van der Waals surface area contributed by atoms with Crippen LogP contribution in [-0.2, 0) is 17.8 Å². The molecule has 2 rings (SSSR count). The van der Waals surface area contributed by atoms with Crippen LogP contribution >= 0.6 is 15.9 Å². The summed E-state index contributed by atoms with van der Waals surface area (Å²) in [5.74, 6) is -0.381. The number of nitrogens with zero attached hydrogens (tertiary/aromatic N) is 2. The molecule has 6 heteroatoms. The molecule has 5 nitrogen and oxygen atoms in total. The lowest BCUT2D eigenvalue weighted by Gasteiger charge is -2.07. The Bertz CT molecular complexity index is 703. The van der Waals surface area contributed by atoms with Crippen LogP contribution in [0.2, 0.25) is 0 Å². The Morgan fingerprint density at radius 3 is 2.62 bits per heavy atom. The van der Waals surface area contributed by atoms with Crippen molar-refractivity contribution in [3.63, 3.8) is 0 Å². The van der Waals surface area contributed by atoms with Gasteiger partial charge in [-0.1, -0.05) is 28.9 Å². The van der Waals surface area contributed by atoms with Crippen molar-refractivity contribution >= 4 is 21.9 Å². The number of aromatic nitrogens is 2. The second-order valence-corrected chi connectivity index (χ2v) is 5.55. The predicted octanol–water partition coefficient (Wildman–Crippen LogP) is 2.66. The van der Waals surface area contributed by atoms with Gasteiger partial charge in [-0.25, -0.2) is 9.59 Å². The number of hydrogen-bond donors (Lipinski definition) is 0. The highest BCUT2D eigenvalue weighted by molar-refractivity contribution is 9.10. The zero-order chi connectivity index (χ0) is 15.4. The number of esters is 1. The maximum absolute atomic E-state index is 12.1. The summed E-state index contributed by atoms with van der Waals surface area (Å²) in [6.07, 6.45) is 4.49. The van der Waals surface area contributed by atoms with E-state index in [-0.39, 0.29) is 11.7 Å². The minimum atomic E-state index is -0.381. The average Bonchev–Trinajstić information content (AvgIpc) is 2.82. The van der Waals surface area contributed by atoms with E-state index in [1.54, 1.807) is 33.7 Å². The van der Waals surface area contributed by atoms with Gasteiger partial charge in [0.25, 0.3) is 0 Å². The van der Waals surface area contributed by atoms with Crippen LogP contribution in [0, 0.1) is 0 Å². The number of aryl methyl sites for hydroxylation is 1. The second-order valence-electron chi connectivity index (χ2n) is 4.70. The standard InChI is InChI=1S/C15H17BrN2O3/c1-3-6-17-7-8-18(15(17)20)10-12-5-4-11(9-13(12)16)14(19)21-2/h4-5,7-9H,3,6,10H2,1-2H3. The Morgan fingerprint density at radius 2 is 2.00 bits per heavy atom. The first-order valence-electron chi connectivity index (χ1n) is 6.69. The summed E-state index contributed by atoms with van der Waals surface area (Å²) in [5, 5.41) is 0. The molecule has 0 saturated heterocycles. The maximum atomic E-state index is 12.1. The van der Waals surface area contributed by atoms with Crippen LogP contribution in [0.4, 0.5) is 0 Å². The van der Waals surface area contributed by atoms with E-state index in [1.807, 2.05) is 13.0 Å². The molecule has 0 fully saturated rings. The lowest BCUT2D eigenvalue weighted by atomic mass is 10.1. The summed E-state index contributed by atoms with van der Waals surface area (Å²) >= 11 is 3.43. The second kappa shape index (κ2) is 6.76. The van der Waals surface area contributed by atoms with Crippen molar-refractivity contribution in [3.8, 4) is 0 Å². The maximum Gasteiger partial charge on any atom is 0.337 e. The lowest BCUT2D eigenvalue weighted by Crippen LogP contribution is -2.24. The highest BCUT2D eigenvalue weighted by Gasteiger charge is 2.10. The molecule has 2 aromatic rings. The highest BCUT2D eigenvalue weighted by atomic mass is 79.9. The number of imidazole rings is 1. The minimum absolute atomic E-state index is 0.0270. The first-order chi connectivity index (χ1) is 10.1. The van der Waals surface area contributed by atoms with Crippen molar-refractivity contribution in [1.82, 2.24) is 9.13 Å². The summed E-state index contributed by atoms with van der Waals surface area (Å²) in [4.78, 5) is 23.6. The molecule has 112 valence electrons. The average molecular weight is 353 g/mol. The molecule has 1 aromatic carbocycles. The molecular formula is C15H17BrN2O3. The van der Waals surface area contributed by atoms with Crippen LogP contribution in [0.15, 0.2) is 39.9 Å². The third-order valence-corrected chi connectivity index (χ3v) is 3.94. The Kier molecular flexibility index (Phi) is 5.01. The van der Waals surface area contributed by atoms with Crippen molar-refractivity contribution in [2.75, 3.05) is 7.11 Å². The molecule has 0 saturated carbocycles. The van der Waals surface area contributed by atoms with Crippen LogP contribution in [0.1, 0.15) is 29.3 Å². The number of rotatable bonds is 5. The zero-order valence-corrected chi connectivity index (χ0v) is 13.6. The van der Waals surface area contributed by atoms with E-state index in [4.69, 9.17) is 0 Å². The number of carbonyl (C=O) groups excluding carboxylic acids is 1. The van der Waals surface area contributed by atoms with Gasteiger partial charge in [0.05, 0.1) is 19.2 Å². The number of halogens is 1. The molecule has 0 amide bonds. The van der Waals surface area contributed by atoms with Gasteiger partial charge in [-0.15, -0.1) is 0 Å². The van der Waals surface area contributed by atoms with Gasteiger partial charge in [0, 0.05) is 23.4 Å². The molecule has 0 atom stereocenters. The van der Waals surface area contributed by atoms with E-state index in [1.165, 1.54) is 7.11 Å². The van der Waals surface area contributed by atoms with E-state index < -0.39 is 0 Å². The van der Waals surface area contributed by atoms with Gasteiger partial charge < -0.3 is 4.74 Å². The van der Waals surface area contributed by atoms with Crippen molar-refractivity contribution in [3.05, 3.63) is 56.7 Å². The Balaban J connectivity index is 2.24. The fourth-order valence-electron chi connectivity index (χ4n) is 2.09. The van der Waals surface area contributed by atoms with E-state index >= 15 is 0 Å². The first kappa shape index (κ1) is 15.6. The first-order valence-corrected chi connectivity index (χ1v) is 7.48. The predicted molar refractivity (Wildman–Crippen MR) is 83.6 cm³/mol. The van der Waals surface area contributed by atoms with E-state index in [2.05, 4.69) is 20.7 Å². The van der Waals surface area contributed by atoms with E-state index in [0.29, 0.717) is 18.7 Å². The van der Waals surface area contributed by atoms with Gasteiger partial charge in [0.15, 0.2) is 0 Å². The summed E-state index contributed by atoms with van der Waals surface area (Å²) in [5.41, 5.74) is 1.38. The van der Waals surface area contributed by atoms with Crippen molar-refractivity contribution < 1.29 is 9.53 Å². The van der Waals surface area contributed by atoms with Gasteiger partial charge in [-0.3, -0.25) is 9.13 Å². The summed E-state index contributed by atoms with van der Waals surface area (Å²) in [6.45, 7) is 3.21. The third-order valence-electron chi connectivity index (χ3n) is 3.20. The normalized spacial score (nSPS) is 10.6. The minimum Gasteiger partial charge on any atom is -0.465 e. The largest absolute Gasteiger partial charge is 0.465 e. The number of carbonyl (C=O) groups is 1. The summed E-state index contributed by atoms with van der Waals surface area (Å²) in [7, 11) is 1.35. The van der Waals surface area contributed by atoms with Crippen molar-refractivity contribution in [2.24, 2.45) is 0 Å². The van der Waals surface area contributed by atoms with Crippen LogP contribution in [0.5, 0.6) is 0 Å². The Hall–Kier alpha value is -1.82. The molecule has 1 heterocycles. The van der Waals surface area contributed by atoms with Crippen LogP contribution in [-0.4, -0.2) is 22.2 Å². The Morgan fingerprint density at radius 1 is 1.29 bits per heavy atom. The molecule has 21 heavy (non-hydrogen) atoms. The molecular weight excluding hydrogens is 336 g/mol. The molecule has 1 aromatic heterocycles. The van der Waals surface area contributed by atoms with Gasteiger partial charge in [-0.05, 0) is 24.1 Å². The molecule has 0 spiro atoms. The summed E-state index contributed by atoms with van der Waals surface area (Å²) < 4.78 is 8.80. The topological polar surface area (TPSA) is 53.2 Å². The Labute approximate surface area is 131 Å². The van der Waals surface area contributed by atoms with Gasteiger partial charge >= 0.3 is 11.7 Å². The highest BCUT2D eigenvalue weighted by Crippen LogP contribution is 2.20. The van der Waals surface area contributed by atoms with Crippen LogP contribution < -0.4 is 5.69 Å². The molecule has 0 unspecified atom stereocenters. The number of benzene rings is 1. The molecule has 0 aliphatic heterocycles. The van der Waals surface area contributed by atoms with Crippen LogP contribution in [0.25, 0.3) is 0 Å². The SMILES string of the molecule is CCCn1ccn(Cc2ccc(C(=O)OC)cc2Br)c1=O. The van der Waals surface area contributed by atoms with Crippen molar-refractivity contribution in [1.29, 1.82) is 0 Å². The van der Waals surface area contributed by atoms with Crippen molar-refractivity contribution in [2.45, 2.75) is 26.4 Å². The fourth-order valence-corrected chi connectivity index (χ4v) is 2.59. The molecule has 0 aliphatic carbocycles. The molecule has 0 radical (unpaired) electrons. The molecule has 0 N–H and O–H groups in total. The van der Waals surface area contributed by atoms with Gasteiger partial charge in [-0.2, -0.15) is 0 Å². The number of methoxy groups -OCH3 is 1. The quantitative estimate of drug-likeness (QED) is 0.777. The van der Waals surface area contributed by atoms with Gasteiger partial charge in [0.2, 0.25) is 0 Å². The molecule has 0 aliphatic rings. The number of hydrogen-bond acceptors (Lipinski definition) is 3.